The second kappa shape index (κ2) is 8.70. The van der Waals surface area contributed by atoms with Gasteiger partial charge in [0.25, 0.3) is 5.91 Å². The number of carbonyl (C=O) groups is 3. The molecule has 2 aromatic rings. The fourth-order valence-corrected chi connectivity index (χ4v) is 2.20. The number of nitrogens with zero attached hydrogens (tertiary/aromatic N) is 1. The van der Waals surface area contributed by atoms with E-state index in [9.17, 15) is 14.4 Å². The second-order valence-corrected chi connectivity index (χ2v) is 6.04. The molecule has 0 heterocycles. The molecule has 0 aliphatic heterocycles. The maximum Gasteiger partial charge on any atom is 0.338 e. The first-order valence-electron chi connectivity index (χ1n) is 8.22. The van der Waals surface area contributed by atoms with E-state index < -0.39 is 24.0 Å². The van der Waals surface area contributed by atoms with Gasteiger partial charge in [0.05, 0.1) is 5.56 Å². The third-order valence-corrected chi connectivity index (χ3v) is 3.69. The monoisotopic (exact) mass is 370 g/mol. The van der Waals surface area contributed by atoms with Crippen LogP contribution in [0, 0.1) is 0 Å². The van der Waals surface area contributed by atoms with E-state index in [-0.39, 0.29) is 5.56 Å². The molecule has 2 aromatic carbocycles. The number of amides is 3. The molecule has 0 spiro atoms. The highest BCUT2D eigenvalue weighted by Gasteiger charge is 2.19. The summed E-state index contributed by atoms with van der Waals surface area (Å²) in [6, 6.07) is 12.5. The molecule has 0 aromatic heterocycles. The van der Waals surface area contributed by atoms with Crippen molar-refractivity contribution in [2.45, 2.75) is 13.0 Å². The van der Waals surface area contributed by atoms with Crippen LogP contribution in [0.15, 0.2) is 48.5 Å². The molecule has 3 amide bonds. The predicted molar refractivity (Wildman–Crippen MR) is 104 cm³/mol. The molecule has 0 radical (unpaired) electrons. The molecule has 4 N–H and O–H groups in total. The van der Waals surface area contributed by atoms with Crippen molar-refractivity contribution in [1.29, 1.82) is 0 Å². The summed E-state index contributed by atoms with van der Waals surface area (Å²) in [5, 5.41) is 5.09. The number of nitrogens with one attached hydrogen (secondary N) is 2. The Morgan fingerprint density at radius 3 is 1.96 bits per heavy atom. The van der Waals surface area contributed by atoms with Crippen LogP contribution < -0.4 is 21.3 Å². The summed E-state index contributed by atoms with van der Waals surface area (Å²) in [5.41, 5.74) is 7.33. The van der Waals surface area contributed by atoms with Crippen LogP contribution >= 0.6 is 0 Å². The van der Waals surface area contributed by atoms with Gasteiger partial charge in [-0.1, -0.05) is 0 Å². The van der Waals surface area contributed by atoms with Crippen molar-refractivity contribution in [2.75, 3.05) is 29.6 Å². The molecule has 27 heavy (non-hydrogen) atoms. The Balaban J connectivity index is 1.92. The Morgan fingerprint density at radius 2 is 1.44 bits per heavy atom. The second-order valence-electron chi connectivity index (χ2n) is 6.04. The summed E-state index contributed by atoms with van der Waals surface area (Å²) < 4.78 is 5.18. The van der Waals surface area contributed by atoms with Crippen LogP contribution in [0.25, 0.3) is 0 Å². The minimum atomic E-state index is -0.977. The minimum absolute atomic E-state index is 0.250. The Hall–Kier alpha value is -3.55. The van der Waals surface area contributed by atoms with E-state index in [1.165, 1.54) is 31.2 Å². The number of rotatable bonds is 6. The topological polar surface area (TPSA) is 114 Å². The highest BCUT2D eigenvalue weighted by atomic mass is 16.5. The summed E-state index contributed by atoms with van der Waals surface area (Å²) in [7, 11) is 3.84. The SMILES string of the molecule is C[C@H](OC(=O)c1ccc(NC(N)=O)cc1)C(=O)Nc1ccc(N(C)C)cc1. The summed E-state index contributed by atoms with van der Waals surface area (Å²) >= 11 is 0. The lowest BCUT2D eigenvalue weighted by atomic mass is 10.2. The lowest BCUT2D eigenvalue weighted by molar-refractivity contribution is -0.123. The van der Waals surface area contributed by atoms with Crippen LogP contribution in [0.1, 0.15) is 17.3 Å². The number of hydrogen-bond acceptors (Lipinski definition) is 5. The van der Waals surface area contributed by atoms with Gasteiger partial charge in [0.15, 0.2) is 6.10 Å². The summed E-state index contributed by atoms with van der Waals surface area (Å²) in [5.74, 6) is -1.08. The van der Waals surface area contributed by atoms with E-state index in [1.807, 2.05) is 31.1 Å². The van der Waals surface area contributed by atoms with Crippen molar-refractivity contribution < 1.29 is 19.1 Å². The lowest BCUT2D eigenvalue weighted by Crippen LogP contribution is -2.30. The molecule has 142 valence electrons. The number of anilines is 3. The number of benzene rings is 2. The third kappa shape index (κ3) is 5.74. The van der Waals surface area contributed by atoms with E-state index in [0.29, 0.717) is 11.4 Å². The van der Waals surface area contributed by atoms with Gasteiger partial charge < -0.3 is 26.0 Å². The largest absolute Gasteiger partial charge is 0.449 e. The van der Waals surface area contributed by atoms with Crippen molar-refractivity contribution in [3.63, 3.8) is 0 Å². The molecule has 0 saturated carbocycles. The minimum Gasteiger partial charge on any atom is -0.449 e. The molecular weight excluding hydrogens is 348 g/mol. The van der Waals surface area contributed by atoms with Crippen LogP contribution in [-0.4, -0.2) is 38.1 Å². The average molecular weight is 370 g/mol. The van der Waals surface area contributed by atoms with Gasteiger partial charge in [0.1, 0.15) is 0 Å². The predicted octanol–water partition coefficient (Wildman–Crippen LogP) is 2.43. The first-order chi connectivity index (χ1) is 12.8. The summed E-state index contributed by atoms with van der Waals surface area (Å²) in [6.45, 7) is 1.49. The Morgan fingerprint density at radius 1 is 0.926 bits per heavy atom. The Kier molecular flexibility index (Phi) is 6.37. The number of ether oxygens (including phenoxy) is 1. The van der Waals surface area contributed by atoms with E-state index >= 15 is 0 Å². The van der Waals surface area contributed by atoms with E-state index in [2.05, 4.69) is 10.6 Å². The van der Waals surface area contributed by atoms with Crippen LogP contribution in [-0.2, 0) is 9.53 Å². The van der Waals surface area contributed by atoms with Gasteiger partial charge in [0, 0.05) is 31.2 Å². The third-order valence-electron chi connectivity index (χ3n) is 3.69. The Bertz CT molecular complexity index is 817. The number of primary amides is 1. The van der Waals surface area contributed by atoms with Gasteiger partial charge in [0.2, 0.25) is 0 Å². The molecule has 8 heteroatoms. The smallest absolute Gasteiger partial charge is 0.338 e. The van der Waals surface area contributed by atoms with Gasteiger partial charge in [-0.25, -0.2) is 9.59 Å². The highest BCUT2D eigenvalue weighted by Crippen LogP contribution is 2.16. The lowest BCUT2D eigenvalue weighted by Gasteiger charge is -2.15. The van der Waals surface area contributed by atoms with Crippen molar-refractivity contribution in [3.8, 4) is 0 Å². The van der Waals surface area contributed by atoms with Crippen molar-refractivity contribution >= 4 is 35.0 Å². The molecule has 0 fully saturated rings. The molecule has 0 aliphatic carbocycles. The van der Waals surface area contributed by atoms with Crippen LogP contribution in [0.5, 0.6) is 0 Å². The molecule has 0 unspecified atom stereocenters. The fourth-order valence-electron chi connectivity index (χ4n) is 2.20. The molecule has 0 saturated heterocycles. The molecule has 2 rings (SSSR count). The normalized spacial score (nSPS) is 11.2. The van der Waals surface area contributed by atoms with Crippen LogP contribution in [0.3, 0.4) is 0 Å². The molecule has 8 nitrogen and oxygen atoms in total. The maximum atomic E-state index is 12.2. The van der Waals surface area contributed by atoms with Crippen molar-refractivity contribution in [1.82, 2.24) is 0 Å². The van der Waals surface area contributed by atoms with E-state index in [0.717, 1.165) is 5.69 Å². The molecule has 1 atom stereocenters. The van der Waals surface area contributed by atoms with Gasteiger partial charge in [-0.3, -0.25) is 4.79 Å². The van der Waals surface area contributed by atoms with Gasteiger partial charge in [-0.15, -0.1) is 0 Å². The highest BCUT2D eigenvalue weighted by molar-refractivity contribution is 5.97. The average Bonchev–Trinajstić information content (AvgIpc) is 2.62. The number of esters is 1. The summed E-state index contributed by atoms with van der Waals surface area (Å²) in [4.78, 5) is 37.1. The molecule has 0 bridgehead atoms. The molecule has 0 aliphatic rings. The van der Waals surface area contributed by atoms with Crippen molar-refractivity contribution in [3.05, 3.63) is 54.1 Å². The maximum absolute atomic E-state index is 12.2. The van der Waals surface area contributed by atoms with Gasteiger partial charge in [-0.2, -0.15) is 0 Å². The first-order valence-corrected chi connectivity index (χ1v) is 8.22. The number of hydrogen-bond donors (Lipinski definition) is 3. The number of nitrogens with two attached hydrogens (primary N) is 1. The zero-order valence-electron chi connectivity index (χ0n) is 15.4. The number of urea groups is 1. The quantitative estimate of drug-likeness (QED) is 0.676. The van der Waals surface area contributed by atoms with Gasteiger partial charge in [-0.05, 0) is 55.5 Å². The Labute approximate surface area is 157 Å². The van der Waals surface area contributed by atoms with E-state index in [4.69, 9.17) is 10.5 Å². The van der Waals surface area contributed by atoms with Crippen LogP contribution in [0.4, 0.5) is 21.9 Å². The van der Waals surface area contributed by atoms with Crippen molar-refractivity contribution in [2.24, 2.45) is 5.73 Å². The summed E-state index contributed by atoms with van der Waals surface area (Å²) in [6.07, 6.45) is -0.977. The zero-order valence-corrected chi connectivity index (χ0v) is 15.4. The van der Waals surface area contributed by atoms with Crippen LogP contribution in [0.2, 0.25) is 0 Å². The van der Waals surface area contributed by atoms with Gasteiger partial charge >= 0.3 is 12.0 Å². The van der Waals surface area contributed by atoms with E-state index in [1.54, 1.807) is 12.1 Å². The fraction of sp³-hybridized carbons (Fsp3) is 0.211. The first kappa shape index (κ1) is 19.8. The number of carbonyl (C=O) groups excluding carboxylic acids is 3. The zero-order chi connectivity index (χ0) is 20.0. The molecular formula is C19H22N4O4. The standard InChI is InChI=1S/C19H22N4O4/c1-12(17(24)21-14-8-10-16(11-9-14)23(2)3)27-18(25)13-4-6-15(7-5-13)22-19(20)26/h4-12H,1-3H3,(H,21,24)(H3,20,22,26)/t12-/m0/s1.